The largest absolute Gasteiger partial charge is 0.353 e. The van der Waals surface area contributed by atoms with Crippen molar-refractivity contribution in [3.63, 3.8) is 0 Å². The Morgan fingerprint density at radius 1 is 1.09 bits per heavy atom. The van der Waals surface area contributed by atoms with Crippen LogP contribution in [0.5, 0.6) is 0 Å². The molecule has 1 fully saturated rings. The molecule has 23 heavy (non-hydrogen) atoms. The fraction of sp³-hybridized carbons (Fsp3) is 0.286. The summed E-state index contributed by atoms with van der Waals surface area (Å²) in [7, 11) is 0. The first-order chi connectivity index (χ1) is 11.1. The monoisotopic (exact) mass is 352 g/mol. The molecule has 0 saturated carbocycles. The average Bonchev–Trinajstić information content (AvgIpc) is 2.57. The standard InChI is InChI=1S/C14H14Cl2N6O/c15-12-10(2-1-4-17-12)19-14(23)22-8-6-21(7-9-22)11-3-5-18-13(16)20-11/h1-5H,6-9H2,(H,19,23). The van der Waals surface area contributed by atoms with E-state index in [4.69, 9.17) is 23.2 Å². The van der Waals surface area contributed by atoms with Crippen molar-refractivity contribution in [1.29, 1.82) is 0 Å². The van der Waals surface area contributed by atoms with E-state index in [1.807, 2.05) is 0 Å². The number of halogens is 2. The van der Waals surface area contributed by atoms with Crippen molar-refractivity contribution in [2.45, 2.75) is 0 Å². The minimum atomic E-state index is -0.194. The predicted molar refractivity (Wildman–Crippen MR) is 89.1 cm³/mol. The highest BCUT2D eigenvalue weighted by atomic mass is 35.5. The van der Waals surface area contributed by atoms with Crippen molar-refractivity contribution >= 4 is 40.7 Å². The molecule has 1 saturated heterocycles. The average molecular weight is 353 g/mol. The second-order valence-electron chi connectivity index (χ2n) is 4.93. The summed E-state index contributed by atoms with van der Waals surface area (Å²) in [5, 5.41) is 3.26. The molecular weight excluding hydrogens is 339 g/mol. The van der Waals surface area contributed by atoms with Crippen LogP contribution in [0.25, 0.3) is 0 Å². The van der Waals surface area contributed by atoms with Crippen LogP contribution in [0.15, 0.2) is 30.6 Å². The first-order valence-corrected chi connectivity index (χ1v) is 7.79. The van der Waals surface area contributed by atoms with Gasteiger partial charge in [0.05, 0.1) is 5.69 Å². The van der Waals surface area contributed by atoms with Crippen LogP contribution in [0.4, 0.5) is 16.3 Å². The lowest BCUT2D eigenvalue weighted by Gasteiger charge is -2.35. The molecular formula is C14H14Cl2N6O. The number of anilines is 2. The van der Waals surface area contributed by atoms with E-state index in [1.165, 1.54) is 0 Å². The predicted octanol–water partition coefficient (Wildman–Crippen LogP) is 2.53. The van der Waals surface area contributed by atoms with Gasteiger partial charge < -0.3 is 15.1 Å². The van der Waals surface area contributed by atoms with Gasteiger partial charge in [0.25, 0.3) is 0 Å². The third-order valence-corrected chi connectivity index (χ3v) is 3.99. The van der Waals surface area contributed by atoms with Gasteiger partial charge in [-0.2, -0.15) is 0 Å². The Hall–Kier alpha value is -2.12. The van der Waals surface area contributed by atoms with Gasteiger partial charge in [-0.05, 0) is 29.8 Å². The van der Waals surface area contributed by atoms with Gasteiger partial charge in [-0.1, -0.05) is 11.6 Å². The number of piperazine rings is 1. The highest BCUT2D eigenvalue weighted by molar-refractivity contribution is 6.32. The summed E-state index contributed by atoms with van der Waals surface area (Å²) in [5.41, 5.74) is 0.504. The topological polar surface area (TPSA) is 74.2 Å². The lowest BCUT2D eigenvalue weighted by atomic mass is 10.3. The molecule has 120 valence electrons. The minimum absolute atomic E-state index is 0.194. The fourth-order valence-electron chi connectivity index (χ4n) is 2.31. The highest BCUT2D eigenvalue weighted by Crippen LogP contribution is 2.19. The minimum Gasteiger partial charge on any atom is -0.353 e. The van der Waals surface area contributed by atoms with Gasteiger partial charge in [-0.15, -0.1) is 0 Å². The number of hydrogen-bond acceptors (Lipinski definition) is 5. The molecule has 7 nitrogen and oxygen atoms in total. The van der Waals surface area contributed by atoms with Gasteiger partial charge in [-0.25, -0.2) is 19.7 Å². The maximum Gasteiger partial charge on any atom is 0.322 e. The normalized spacial score (nSPS) is 14.7. The summed E-state index contributed by atoms with van der Waals surface area (Å²) in [6, 6.07) is 5.04. The quantitative estimate of drug-likeness (QED) is 0.663. The number of aromatic nitrogens is 3. The molecule has 0 unspecified atom stereocenters. The van der Waals surface area contributed by atoms with Crippen molar-refractivity contribution in [3.05, 3.63) is 41.0 Å². The Balaban J connectivity index is 1.58. The van der Waals surface area contributed by atoms with Crippen molar-refractivity contribution < 1.29 is 4.79 Å². The van der Waals surface area contributed by atoms with Crippen LogP contribution in [0, 0.1) is 0 Å². The zero-order chi connectivity index (χ0) is 16.2. The van der Waals surface area contributed by atoms with Crippen molar-refractivity contribution in [3.8, 4) is 0 Å². The number of rotatable bonds is 2. The van der Waals surface area contributed by atoms with E-state index in [0.717, 1.165) is 5.82 Å². The number of carbonyl (C=O) groups is 1. The Labute approximate surface area is 143 Å². The van der Waals surface area contributed by atoms with E-state index in [0.29, 0.717) is 31.9 Å². The third-order valence-electron chi connectivity index (χ3n) is 3.50. The number of nitrogens with zero attached hydrogens (tertiary/aromatic N) is 5. The molecule has 0 atom stereocenters. The smallest absolute Gasteiger partial charge is 0.322 e. The highest BCUT2D eigenvalue weighted by Gasteiger charge is 2.22. The second kappa shape index (κ2) is 6.97. The maximum absolute atomic E-state index is 12.3. The van der Waals surface area contributed by atoms with Gasteiger partial charge in [0, 0.05) is 38.6 Å². The van der Waals surface area contributed by atoms with E-state index in [-0.39, 0.29) is 16.5 Å². The zero-order valence-electron chi connectivity index (χ0n) is 12.1. The summed E-state index contributed by atoms with van der Waals surface area (Å²) in [4.78, 5) is 28.1. The number of pyridine rings is 1. The molecule has 3 rings (SSSR count). The summed E-state index contributed by atoms with van der Waals surface area (Å²) < 4.78 is 0. The molecule has 2 aromatic heterocycles. The fourth-order valence-corrected chi connectivity index (χ4v) is 2.62. The molecule has 3 heterocycles. The van der Waals surface area contributed by atoms with Gasteiger partial charge >= 0.3 is 6.03 Å². The van der Waals surface area contributed by atoms with Crippen molar-refractivity contribution in [2.75, 3.05) is 36.4 Å². The number of hydrogen-bond donors (Lipinski definition) is 1. The van der Waals surface area contributed by atoms with Crippen LogP contribution >= 0.6 is 23.2 Å². The Bertz CT molecular complexity index is 705. The lowest BCUT2D eigenvalue weighted by Crippen LogP contribution is -2.50. The van der Waals surface area contributed by atoms with E-state index in [1.54, 1.807) is 35.5 Å². The first kappa shape index (κ1) is 15.8. The number of urea groups is 1. The molecule has 2 aromatic rings. The maximum atomic E-state index is 12.3. The molecule has 0 spiro atoms. The van der Waals surface area contributed by atoms with E-state index < -0.39 is 0 Å². The van der Waals surface area contributed by atoms with E-state index in [2.05, 4.69) is 25.2 Å². The number of amides is 2. The molecule has 0 bridgehead atoms. The SMILES string of the molecule is O=C(Nc1cccnc1Cl)N1CCN(c2ccnc(Cl)n2)CC1. The Morgan fingerprint density at radius 3 is 2.57 bits per heavy atom. The molecule has 0 aromatic carbocycles. The van der Waals surface area contributed by atoms with Crippen molar-refractivity contribution in [2.24, 2.45) is 0 Å². The van der Waals surface area contributed by atoms with Crippen LogP contribution in [0.2, 0.25) is 10.4 Å². The van der Waals surface area contributed by atoms with Crippen LogP contribution < -0.4 is 10.2 Å². The van der Waals surface area contributed by atoms with E-state index >= 15 is 0 Å². The van der Waals surface area contributed by atoms with Gasteiger partial charge in [0.1, 0.15) is 5.82 Å². The summed E-state index contributed by atoms with van der Waals surface area (Å²) in [6.07, 6.45) is 3.19. The summed E-state index contributed by atoms with van der Waals surface area (Å²) in [5.74, 6) is 0.764. The van der Waals surface area contributed by atoms with Crippen LogP contribution in [0.1, 0.15) is 0 Å². The Kier molecular flexibility index (Phi) is 4.78. The van der Waals surface area contributed by atoms with Crippen LogP contribution in [0.3, 0.4) is 0 Å². The van der Waals surface area contributed by atoms with E-state index in [9.17, 15) is 4.79 Å². The third kappa shape index (κ3) is 3.80. The van der Waals surface area contributed by atoms with Crippen molar-refractivity contribution in [1.82, 2.24) is 19.9 Å². The molecule has 1 aliphatic rings. The number of nitrogens with one attached hydrogen (secondary N) is 1. The van der Waals surface area contributed by atoms with Gasteiger partial charge in [0.15, 0.2) is 5.15 Å². The van der Waals surface area contributed by atoms with Gasteiger partial charge in [0.2, 0.25) is 5.28 Å². The van der Waals surface area contributed by atoms with Crippen LogP contribution in [-0.2, 0) is 0 Å². The molecule has 0 radical (unpaired) electrons. The molecule has 2 amide bonds. The molecule has 1 aliphatic heterocycles. The lowest BCUT2D eigenvalue weighted by molar-refractivity contribution is 0.208. The number of carbonyl (C=O) groups excluding carboxylic acids is 1. The molecule has 1 N–H and O–H groups in total. The first-order valence-electron chi connectivity index (χ1n) is 7.03. The van der Waals surface area contributed by atoms with Crippen LogP contribution in [-0.4, -0.2) is 52.1 Å². The second-order valence-corrected chi connectivity index (χ2v) is 5.63. The molecule has 0 aliphatic carbocycles. The summed E-state index contributed by atoms with van der Waals surface area (Å²) >= 11 is 11.8. The Morgan fingerprint density at radius 2 is 1.87 bits per heavy atom. The molecule has 9 heteroatoms. The van der Waals surface area contributed by atoms with Gasteiger partial charge in [-0.3, -0.25) is 0 Å². The summed E-state index contributed by atoms with van der Waals surface area (Å²) in [6.45, 7) is 2.49. The zero-order valence-corrected chi connectivity index (χ0v) is 13.6.